The van der Waals surface area contributed by atoms with E-state index >= 15 is 0 Å². The first-order chi connectivity index (χ1) is 10.1. The Morgan fingerprint density at radius 1 is 1.48 bits per heavy atom. The van der Waals surface area contributed by atoms with Crippen LogP contribution in [0.15, 0.2) is 18.3 Å². The highest BCUT2D eigenvalue weighted by molar-refractivity contribution is 5.94. The second-order valence-electron chi connectivity index (χ2n) is 5.04. The molecule has 0 radical (unpaired) electrons. The zero-order valence-electron chi connectivity index (χ0n) is 12.1. The summed E-state index contributed by atoms with van der Waals surface area (Å²) in [7, 11) is 0. The lowest BCUT2D eigenvalue weighted by atomic mass is 9.98. The highest BCUT2D eigenvalue weighted by atomic mass is 16.5. The Bertz CT molecular complexity index is 518. The average molecular weight is 292 g/mol. The molecule has 0 amide bonds. The second-order valence-corrected chi connectivity index (χ2v) is 5.04. The first-order valence-electron chi connectivity index (χ1n) is 7.24. The molecule has 1 saturated heterocycles. The molecular weight excluding hydrogens is 272 g/mol. The summed E-state index contributed by atoms with van der Waals surface area (Å²) in [5.41, 5.74) is 0.400. The SMILES string of the molecule is CCOC(=O)c1cccnc1N1CCCCC1CC(=O)O. The third-order valence-corrected chi connectivity index (χ3v) is 3.59. The van der Waals surface area contributed by atoms with Crippen LogP contribution < -0.4 is 4.90 Å². The molecule has 6 heteroatoms. The lowest BCUT2D eigenvalue weighted by Crippen LogP contribution is -2.42. The summed E-state index contributed by atoms with van der Waals surface area (Å²) in [5.74, 6) is -0.720. The number of esters is 1. The van der Waals surface area contributed by atoms with Gasteiger partial charge in [-0.3, -0.25) is 4.79 Å². The number of piperidine rings is 1. The number of aliphatic carboxylic acids is 1. The maximum Gasteiger partial charge on any atom is 0.341 e. The van der Waals surface area contributed by atoms with Gasteiger partial charge >= 0.3 is 11.9 Å². The maximum absolute atomic E-state index is 12.0. The lowest BCUT2D eigenvalue weighted by Gasteiger charge is -2.36. The number of carbonyl (C=O) groups is 2. The minimum Gasteiger partial charge on any atom is -0.481 e. The molecule has 0 saturated carbocycles. The molecule has 1 aliphatic rings. The third kappa shape index (κ3) is 3.71. The summed E-state index contributed by atoms with van der Waals surface area (Å²) in [4.78, 5) is 29.3. The van der Waals surface area contributed by atoms with Crippen LogP contribution in [0.3, 0.4) is 0 Å². The van der Waals surface area contributed by atoms with Crippen molar-refractivity contribution >= 4 is 17.8 Å². The van der Waals surface area contributed by atoms with Crippen LogP contribution in [0.2, 0.25) is 0 Å². The molecule has 0 bridgehead atoms. The fraction of sp³-hybridized carbons (Fsp3) is 0.533. The van der Waals surface area contributed by atoms with E-state index in [4.69, 9.17) is 9.84 Å². The Kier molecular flexibility index (Phi) is 5.14. The zero-order chi connectivity index (χ0) is 15.2. The topological polar surface area (TPSA) is 79.7 Å². The van der Waals surface area contributed by atoms with Gasteiger partial charge in [-0.1, -0.05) is 0 Å². The molecule has 1 N–H and O–H groups in total. The van der Waals surface area contributed by atoms with Crippen LogP contribution >= 0.6 is 0 Å². The van der Waals surface area contributed by atoms with Crippen LogP contribution in [0.4, 0.5) is 5.82 Å². The van der Waals surface area contributed by atoms with Crippen molar-refractivity contribution in [1.82, 2.24) is 4.98 Å². The molecule has 0 aliphatic carbocycles. The molecule has 1 aromatic rings. The first-order valence-corrected chi connectivity index (χ1v) is 7.24. The van der Waals surface area contributed by atoms with Crippen molar-refractivity contribution in [3.05, 3.63) is 23.9 Å². The van der Waals surface area contributed by atoms with Gasteiger partial charge in [0, 0.05) is 18.8 Å². The fourth-order valence-corrected chi connectivity index (χ4v) is 2.69. The number of carboxylic acid groups (broad SMARTS) is 1. The minimum absolute atomic E-state index is 0.0544. The van der Waals surface area contributed by atoms with E-state index in [1.165, 1.54) is 0 Å². The summed E-state index contributed by atoms with van der Waals surface area (Å²) < 4.78 is 5.05. The molecule has 1 aliphatic heterocycles. The highest BCUT2D eigenvalue weighted by Gasteiger charge is 2.28. The molecular formula is C15H20N2O4. The number of carboxylic acids is 1. The predicted molar refractivity (Wildman–Crippen MR) is 77.4 cm³/mol. The summed E-state index contributed by atoms with van der Waals surface area (Å²) >= 11 is 0. The first kappa shape index (κ1) is 15.3. The van der Waals surface area contributed by atoms with Gasteiger partial charge in [-0.15, -0.1) is 0 Å². The summed E-state index contributed by atoms with van der Waals surface area (Å²) in [6.45, 7) is 2.76. The molecule has 1 fully saturated rings. The van der Waals surface area contributed by atoms with Crippen molar-refractivity contribution in [2.45, 2.75) is 38.6 Å². The number of anilines is 1. The van der Waals surface area contributed by atoms with Gasteiger partial charge in [0.25, 0.3) is 0 Å². The van der Waals surface area contributed by atoms with Gasteiger partial charge in [-0.2, -0.15) is 0 Å². The normalized spacial score (nSPS) is 18.3. The van der Waals surface area contributed by atoms with Gasteiger partial charge in [-0.05, 0) is 38.3 Å². The van der Waals surface area contributed by atoms with E-state index in [-0.39, 0.29) is 12.5 Å². The van der Waals surface area contributed by atoms with E-state index < -0.39 is 11.9 Å². The summed E-state index contributed by atoms with van der Waals surface area (Å²) in [6.07, 6.45) is 4.43. The van der Waals surface area contributed by atoms with Crippen molar-refractivity contribution in [1.29, 1.82) is 0 Å². The van der Waals surface area contributed by atoms with Crippen LogP contribution in [0.25, 0.3) is 0 Å². The minimum atomic E-state index is -0.833. The summed E-state index contributed by atoms with van der Waals surface area (Å²) in [5, 5.41) is 9.05. The van der Waals surface area contributed by atoms with Crippen LogP contribution in [0, 0.1) is 0 Å². The molecule has 1 aromatic heterocycles. The number of nitrogens with zero attached hydrogens (tertiary/aromatic N) is 2. The van der Waals surface area contributed by atoms with Gasteiger partial charge in [0.05, 0.1) is 13.0 Å². The standard InChI is InChI=1S/C15H20N2O4/c1-2-21-15(20)12-7-5-8-16-14(12)17-9-4-3-6-11(17)10-13(18)19/h5,7-8,11H,2-4,6,9-10H2,1H3,(H,18,19). The Morgan fingerprint density at radius 2 is 2.29 bits per heavy atom. The van der Waals surface area contributed by atoms with E-state index in [1.807, 2.05) is 4.90 Å². The molecule has 1 atom stereocenters. The zero-order valence-corrected chi connectivity index (χ0v) is 12.1. The molecule has 1 unspecified atom stereocenters. The molecule has 0 aromatic carbocycles. The van der Waals surface area contributed by atoms with E-state index in [0.717, 1.165) is 19.3 Å². The van der Waals surface area contributed by atoms with Crippen LogP contribution in [-0.4, -0.2) is 41.2 Å². The number of aromatic nitrogens is 1. The van der Waals surface area contributed by atoms with E-state index in [2.05, 4.69) is 4.98 Å². The predicted octanol–water partition coefficient (Wildman–Crippen LogP) is 2.09. The summed E-state index contributed by atoms with van der Waals surface area (Å²) in [6, 6.07) is 3.23. The third-order valence-electron chi connectivity index (χ3n) is 3.59. The van der Waals surface area contributed by atoms with Crippen molar-refractivity contribution in [3.8, 4) is 0 Å². The highest BCUT2D eigenvalue weighted by Crippen LogP contribution is 2.28. The Balaban J connectivity index is 2.29. The molecule has 0 spiro atoms. The monoisotopic (exact) mass is 292 g/mol. The van der Waals surface area contributed by atoms with Gasteiger partial charge in [0.15, 0.2) is 0 Å². The fourth-order valence-electron chi connectivity index (χ4n) is 2.69. The molecule has 2 rings (SSSR count). The van der Waals surface area contributed by atoms with Gasteiger partial charge in [-0.25, -0.2) is 9.78 Å². The quantitative estimate of drug-likeness (QED) is 0.837. The number of hydrogen-bond acceptors (Lipinski definition) is 5. The number of carbonyl (C=O) groups excluding carboxylic acids is 1. The number of ether oxygens (including phenoxy) is 1. The number of hydrogen-bond donors (Lipinski definition) is 1. The van der Waals surface area contributed by atoms with Crippen LogP contribution in [0.5, 0.6) is 0 Å². The van der Waals surface area contributed by atoms with Crippen molar-refractivity contribution in [2.24, 2.45) is 0 Å². The van der Waals surface area contributed by atoms with Crippen LogP contribution in [0.1, 0.15) is 43.0 Å². The van der Waals surface area contributed by atoms with Crippen LogP contribution in [-0.2, 0) is 9.53 Å². The lowest BCUT2D eigenvalue weighted by molar-refractivity contribution is -0.137. The van der Waals surface area contributed by atoms with Gasteiger partial charge in [0.1, 0.15) is 11.4 Å². The average Bonchev–Trinajstić information content (AvgIpc) is 2.47. The van der Waals surface area contributed by atoms with Crippen molar-refractivity contribution < 1.29 is 19.4 Å². The van der Waals surface area contributed by atoms with Gasteiger partial charge < -0.3 is 14.7 Å². The van der Waals surface area contributed by atoms with Crippen molar-refractivity contribution in [3.63, 3.8) is 0 Å². The van der Waals surface area contributed by atoms with E-state index in [0.29, 0.717) is 24.5 Å². The molecule has 2 heterocycles. The smallest absolute Gasteiger partial charge is 0.341 e. The Hall–Kier alpha value is -2.11. The Morgan fingerprint density at radius 3 is 3.00 bits per heavy atom. The maximum atomic E-state index is 12.0. The molecule has 114 valence electrons. The molecule has 6 nitrogen and oxygen atoms in total. The van der Waals surface area contributed by atoms with Crippen molar-refractivity contribution in [2.75, 3.05) is 18.1 Å². The number of rotatable bonds is 5. The van der Waals surface area contributed by atoms with E-state index in [9.17, 15) is 9.59 Å². The van der Waals surface area contributed by atoms with E-state index in [1.54, 1.807) is 25.3 Å². The van der Waals surface area contributed by atoms with Gasteiger partial charge in [0.2, 0.25) is 0 Å². The second kappa shape index (κ2) is 7.06. The number of pyridine rings is 1. The Labute approximate surface area is 123 Å². The molecule has 21 heavy (non-hydrogen) atoms. The largest absolute Gasteiger partial charge is 0.481 e.